The first-order valence-corrected chi connectivity index (χ1v) is 3.18. The minimum absolute atomic E-state index is 0.113. The summed E-state index contributed by atoms with van der Waals surface area (Å²) in [5.41, 5.74) is 5.53. The Hall–Kier alpha value is -0.600. The van der Waals surface area contributed by atoms with Crippen LogP contribution in [0.4, 0.5) is 4.39 Å². The van der Waals surface area contributed by atoms with Crippen molar-refractivity contribution in [2.45, 2.75) is 6.54 Å². The van der Waals surface area contributed by atoms with Crippen molar-refractivity contribution in [3.05, 3.63) is 34.6 Å². The number of nitrogens with two attached hydrogens (primary N) is 1. The highest BCUT2D eigenvalue weighted by Gasteiger charge is 2.02. The minimum atomic E-state index is -0.369. The van der Waals surface area contributed by atoms with Gasteiger partial charge in [0.15, 0.2) is 0 Å². The Kier molecular flexibility index (Phi) is 2.25. The molecule has 0 unspecified atom stereocenters. The predicted molar refractivity (Wildman–Crippen MR) is 38.1 cm³/mol. The molecule has 0 amide bonds. The molecule has 2 N–H and O–H groups in total. The molecule has 1 aromatic rings. The van der Waals surface area contributed by atoms with Gasteiger partial charge in [0, 0.05) is 18.2 Å². The van der Waals surface area contributed by atoms with Crippen molar-refractivity contribution < 1.29 is 4.39 Å². The van der Waals surface area contributed by atoms with Gasteiger partial charge in [-0.25, -0.2) is 4.39 Å². The van der Waals surface area contributed by atoms with Gasteiger partial charge in [-0.3, -0.25) is 0 Å². The molecule has 1 nitrogen and oxygen atoms in total. The van der Waals surface area contributed by atoms with E-state index in [0.717, 1.165) is 0 Å². The Bertz CT molecular complexity index is 217. The van der Waals surface area contributed by atoms with Gasteiger partial charge in [-0.05, 0) is 12.1 Å². The van der Waals surface area contributed by atoms with Crippen LogP contribution in [0.2, 0.25) is 5.02 Å². The number of hydrogen-bond donors (Lipinski definition) is 1. The van der Waals surface area contributed by atoms with E-state index < -0.39 is 0 Å². The summed E-state index contributed by atoms with van der Waals surface area (Å²) in [5, 5.41) is 0.266. The zero-order valence-electron chi connectivity index (χ0n) is 5.20. The fourth-order valence-electron chi connectivity index (χ4n) is 0.668. The van der Waals surface area contributed by atoms with Crippen LogP contribution in [-0.2, 0) is 6.54 Å². The maximum Gasteiger partial charge on any atom is 0.129 e. The Morgan fingerprint density at radius 3 is 2.80 bits per heavy atom. The van der Waals surface area contributed by atoms with E-state index >= 15 is 0 Å². The van der Waals surface area contributed by atoms with Gasteiger partial charge in [0.05, 0.1) is 5.02 Å². The zero-order valence-corrected chi connectivity index (χ0v) is 5.95. The van der Waals surface area contributed by atoms with Gasteiger partial charge in [0.25, 0.3) is 0 Å². The molecule has 53 valence electrons. The van der Waals surface area contributed by atoms with E-state index in [2.05, 4.69) is 6.07 Å². The quantitative estimate of drug-likeness (QED) is 0.662. The summed E-state index contributed by atoms with van der Waals surface area (Å²) in [6.45, 7) is 0.113. The average Bonchev–Trinajstić information content (AvgIpc) is 1.88. The lowest BCUT2D eigenvalue weighted by atomic mass is 10.2. The third-order valence-corrected chi connectivity index (χ3v) is 1.53. The van der Waals surface area contributed by atoms with Crippen LogP contribution in [0.15, 0.2) is 12.1 Å². The summed E-state index contributed by atoms with van der Waals surface area (Å²) in [7, 11) is 0. The first kappa shape index (κ1) is 7.51. The maximum absolute atomic E-state index is 12.7. The number of hydrogen-bond acceptors (Lipinski definition) is 1. The number of halogens is 2. The molecule has 0 spiro atoms. The Balaban J connectivity index is 3.17. The van der Waals surface area contributed by atoms with Crippen molar-refractivity contribution in [1.82, 2.24) is 0 Å². The minimum Gasteiger partial charge on any atom is -0.326 e. The number of rotatable bonds is 1. The van der Waals surface area contributed by atoms with Crippen molar-refractivity contribution in [3.8, 4) is 0 Å². The van der Waals surface area contributed by atoms with Crippen LogP contribution in [0, 0.1) is 11.9 Å². The average molecular weight is 159 g/mol. The lowest BCUT2D eigenvalue weighted by molar-refractivity contribution is 0.610. The monoisotopic (exact) mass is 158 g/mol. The van der Waals surface area contributed by atoms with Crippen LogP contribution < -0.4 is 5.73 Å². The first-order valence-electron chi connectivity index (χ1n) is 2.80. The molecule has 0 saturated carbocycles. The second-order valence-corrected chi connectivity index (χ2v) is 2.20. The van der Waals surface area contributed by atoms with Gasteiger partial charge in [-0.1, -0.05) is 11.6 Å². The Morgan fingerprint density at radius 1 is 1.70 bits per heavy atom. The molecule has 10 heavy (non-hydrogen) atoms. The Labute approximate surface area is 63.6 Å². The third kappa shape index (κ3) is 1.28. The molecular weight excluding hydrogens is 153 g/mol. The first-order chi connectivity index (χ1) is 4.75. The normalized spacial score (nSPS) is 9.90. The van der Waals surface area contributed by atoms with Gasteiger partial charge in [-0.15, -0.1) is 0 Å². The van der Waals surface area contributed by atoms with E-state index in [9.17, 15) is 4.39 Å². The molecule has 0 saturated heterocycles. The maximum atomic E-state index is 12.7. The molecule has 1 rings (SSSR count). The largest absolute Gasteiger partial charge is 0.326 e. The summed E-state index contributed by atoms with van der Waals surface area (Å²) in [4.78, 5) is 0. The van der Waals surface area contributed by atoms with Crippen LogP contribution >= 0.6 is 11.6 Å². The van der Waals surface area contributed by atoms with E-state index in [1.54, 1.807) is 0 Å². The molecule has 1 radical (unpaired) electrons. The van der Waals surface area contributed by atoms with Crippen molar-refractivity contribution >= 4 is 11.6 Å². The zero-order chi connectivity index (χ0) is 7.56. The molecule has 0 atom stereocenters. The smallest absolute Gasteiger partial charge is 0.129 e. The molecule has 0 heterocycles. The molecule has 0 aliphatic rings. The highest BCUT2D eigenvalue weighted by atomic mass is 35.5. The van der Waals surface area contributed by atoms with E-state index in [-0.39, 0.29) is 17.4 Å². The predicted octanol–water partition coefficient (Wildman–Crippen LogP) is 1.74. The van der Waals surface area contributed by atoms with Gasteiger partial charge in [-0.2, -0.15) is 0 Å². The van der Waals surface area contributed by atoms with Crippen LogP contribution in [-0.4, -0.2) is 0 Å². The van der Waals surface area contributed by atoms with E-state index in [4.69, 9.17) is 17.3 Å². The second kappa shape index (κ2) is 2.99. The van der Waals surface area contributed by atoms with Crippen molar-refractivity contribution in [2.75, 3.05) is 0 Å². The van der Waals surface area contributed by atoms with E-state index in [1.807, 2.05) is 0 Å². The highest BCUT2D eigenvalue weighted by molar-refractivity contribution is 6.31. The van der Waals surface area contributed by atoms with Crippen LogP contribution in [0.25, 0.3) is 0 Å². The molecule has 0 aliphatic carbocycles. The van der Waals surface area contributed by atoms with Crippen molar-refractivity contribution in [3.63, 3.8) is 0 Å². The summed E-state index contributed by atoms with van der Waals surface area (Å²) in [5.74, 6) is -0.369. The van der Waals surface area contributed by atoms with E-state index in [1.165, 1.54) is 12.1 Å². The van der Waals surface area contributed by atoms with Gasteiger partial charge in [0.1, 0.15) is 5.82 Å². The molecular formula is C7H6ClFN. The summed E-state index contributed by atoms with van der Waals surface area (Å²) in [6, 6.07) is 5.35. The molecule has 1 aromatic carbocycles. The van der Waals surface area contributed by atoms with Crippen molar-refractivity contribution in [1.29, 1.82) is 0 Å². The van der Waals surface area contributed by atoms with Gasteiger partial charge < -0.3 is 5.73 Å². The molecule has 0 fully saturated rings. The lowest BCUT2D eigenvalue weighted by Crippen LogP contribution is -2.00. The van der Waals surface area contributed by atoms with E-state index in [0.29, 0.717) is 5.56 Å². The molecule has 0 aromatic heterocycles. The summed E-state index contributed by atoms with van der Waals surface area (Å²) in [6.07, 6.45) is 0. The fraction of sp³-hybridized carbons (Fsp3) is 0.143. The SMILES string of the molecule is NCc1c(Cl)[c]ccc1F. The summed E-state index contributed by atoms with van der Waals surface area (Å²) >= 11 is 5.55. The van der Waals surface area contributed by atoms with Crippen LogP contribution in [0.5, 0.6) is 0 Å². The Morgan fingerprint density at radius 2 is 2.40 bits per heavy atom. The lowest BCUT2D eigenvalue weighted by Gasteiger charge is -1.99. The van der Waals surface area contributed by atoms with Crippen LogP contribution in [0.3, 0.4) is 0 Å². The topological polar surface area (TPSA) is 26.0 Å². The van der Waals surface area contributed by atoms with Gasteiger partial charge >= 0.3 is 0 Å². The standard InChI is InChI=1S/C7H6ClFN/c8-6-2-1-3-7(9)5(6)4-10/h1,3H,4,10H2. The van der Waals surface area contributed by atoms with Crippen LogP contribution in [0.1, 0.15) is 5.56 Å². The van der Waals surface area contributed by atoms with Crippen molar-refractivity contribution in [2.24, 2.45) is 5.73 Å². The van der Waals surface area contributed by atoms with Gasteiger partial charge in [0.2, 0.25) is 0 Å². The molecule has 0 bridgehead atoms. The second-order valence-electron chi connectivity index (χ2n) is 1.82. The highest BCUT2D eigenvalue weighted by Crippen LogP contribution is 2.16. The summed E-state index contributed by atoms with van der Waals surface area (Å²) < 4.78 is 12.7. The fourth-order valence-corrected chi connectivity index (χ4v) is 0.898. The third-order valence-electron chi connectivity index (χ3n) is 1.20. The molecule has 0 aliphatic heterocycles. The number of benzene rings is 1. The molecule has 3 heteroatoms.